The molecule has 118 valence electrons. The first-order chi connectivity index (χ1) is 10.3. The molecule has 2 radical (unpaired) electrons. The van der Waals surface area contributed by atoms with E-state index in [1.807, 2.05) is 0 Å². The van der Waals surface area contributed by atoms with Crippen molar-refractivity contribution in [2.75, 3.05) is 19.0 Å². The molecule has 1 aromatic carbocycles. The molecule has 0 bridgehead atoms. The minimum absolute atomic E-state index is 0.198. The van der Waals surface area contributed by atoms with Crippen LogP contribution in [0.3, 0.4) is 0 Å². The molecule has 0 spiro atoms. The minimum atomic E-state index is -4.17. The summed E-state index contributed by atoms with van der Waals surface area (Å²) in [6, 6.07) is 6.59. The highest BCUT2D eigenvalue weighted by Crippen LogP contribution is 2.07. The quantitative estimate of drug-likeness (QED) is 0.417. The van der Waals surface area contributed by atoms with Crippen molar-refractivity contribution in [1.29, 1.82) is 0 Å². The van der Waals surface area contributed by atoms with Crippen LogP contribution >= 0.6 is 0 Å². The molecular weight excluding hydrogens is 311 g/mol. The van der Waals surface area contributed by atoms with Gasteiger partial charge in [-0.25, -0.2) is 4.79 Å². The molecule has 1 N–H and O–H groups in total. The number of hydrogen-bond acceptors (Lipinski definition) is 6. The molecule has 7 nitrogen and oxygen atoms in total. The van der Waals surface area contributed by atoms with Crippen molar-refractivity contribution in [3.63, 3.8) is 0 Å². The summed E-state index contributed by atoms with van der Waals surface area (Å²) in [5.74, 6) is -2.00. The molecule has 0 saturated heterocycles. The fourth-order valence-corrected chi connectivity index (χ4v) is 1.76. The first kappa shape index (κ1) is 18.2. The van der Waals surface area contributed by atoms with E-state index in [0.717, 1.165) is 5.56 Å². The van der Waals surface area contributed by atoms with E-state index >= 15 is 0 Å². The third kappa shape index (κ3) is 7.23. The average molecular weight is 326 g/mol. The minimum Gasteiger partial charge on any atom is -0.464 e. The van der Waals surface area contributed by atoms with Gasteiger partial charge in [-0.05, 0) is 12.1 Å². The smallest absolute Gasteiger partial charge is 0.338 e. The van der Waals surface area contributed by atoms with E-state index in [0.29, 0.717) is 11.9 Å². The summed E-state index contributed by atoms with van der Waals surface area (Å²) < 4.78 is 38.7. The topological polar surface area (TPSA) is 107 Å². The summed E-state index contributed by atoms with van der Waals surface area (Å²) in [5, 5.41) is 0. The number of hydrogen-bond donors (Lipinski definition) is 1. The zero-order chi connectivity index (χ0) is 16.6. The van der Waals surface area contributed by atoms with Gasteiger partial charge in [0.1, 0.15) is 19.0 Å². The Labute approximate surface area is 129 Å². The van der Waals surface area contributed by atoms with E-state index in [1.165, 1.54) is 0 Å². The summed E-state index contributed by atoms with van der Waals surface area (Å²) >= 11 is 0. The lowest BCUT2D eigenvalue weighted by atomic mass is 9.96. The summed E-state index contributed by atoms with van der Waals surface area (Å²) in [4.78, 5) is 23.0. The van der Waals surface area contributed by atoms with Gasteiger partial charge < -0.3 is 9.47 Å². The van der Waals surface area contributed by atoms with E-state index in [1.54, 1.807) is 24.3 Å². The molecule has 0 aliphatic carbocycles. The summed E-state index contributed by atoms with van der Waals surface area (Å²) in [6.45, 7) is -0.652. The molecule has 0 fully saturated rings. The number of carbonyl (C=O) groups is 2. The molecule has 0 aromatic heterocycles. The molecule has 0 aliphatic heterocycles. The third-order valence-corrected chi connectivity index (χ3v) is 3.22. The zero-order valence-corrected chi connectivity index (χ0v) is 12.5. The summed E-state index contributed by atoms with van der Waals surface area (Å²) in [7, 11) is 1.29. The van der Waals surface area contributed by atoms with E-state index < -0.39 is 34.4 Å². The fourth-order valence-electron chi connectivity index (χ4n) is 1.47. The molecule has 0 saturated carbocycles. The van der Waals surface area contributed by atoms with Crippen LogP contribution in [0.2, 0.25) is 0 Å². The van der Waals surface area contributed by atoms with Gasteiger partial charge in [-0.1, -0.05) is 24.0 Å². The number of carbonyl (C=O) groups excluding carboxylic acids is 2. The lowest BCUT2D eigenvalue weighted by Crippen LogP contribution is -2.16. The highest BCUT2D eigenvalue weighted by Gasteiger charge is 2.11. The van der Waals surface area contributed by atoms with Crippen LogP contribution in [-0.4, -0.2) is 51.7 Å². The number of benzene rings is 1. The van der Waals surface area contributed by atoms with E-state index in [-0.39, 0.29) is 13.0 Å². The molecule has 9 heteroatoms. The lowest BCUT2D eigenvalue weighted by molar-refractivity contribution is -0.143. The van der Waals surface area contributed by atoms with Crippen LogP contribution in [0.1, 0.15) is 22.3 Å². The van der Waals surface area contributed by atoms with Crippen molar-refractivity contribution >= 4 is 29.9 Å². The first-order valence-electron chi connectivity index (χ1n) is 6.39. The van der Waals surface area contributed by atoms with Gasteiger partial charge in [0.2, 0.25) is 0 Å². The third-order valence-electron chi connectivity index (χ3n) is 2.54. The summed E-state index contributed by atoms with van der Waals surface area (Å²) in [6.07, 6.45) is 0.0784. The van der Waals surface area contributed by atoms with Gasteiger partial charge in [-0.15, -0.1) is 0 Å². The van der Waals surface area contributed by atoms with Crippen LogP contribution in [0.5, 0.6) is 0 Å². The number of esters is 2. The van der Waals surface area contributed by atoms with Crippen LogP contribution in [0.4, 0.5) is 0 Å². The molecule has 1 aromatic rings. The van der Waals surface area contributed by atoms with E-state index in [9.17, 15) is 18.0 Å². The monoisotopic (exact) mass is 326 g/mol. The Morgan fingerprint density at radius 1 is 1.18 bits per heavy atom. The van der Waals surface area contributed by atoms with Crippen molar-refractivity contribution in [2.45, 2.75) is 12.7 Å². The molecular formula is C13H15BO7S. The first-order valence-corrected chi connectivity index (χ1v) is 7.99. The maximum absolute atomic E-state index is 11.7. The molecule has 0 aliphatic rings. The van der Waals surface area contributed by atoms with Gasteiger partial charge in [0.25, 0.3) is 10.1 Å². The van der Waals surface area contributed by atoms with Crippen molar-refractivity contribution < 1.29 is 32.0 Å². The highest BCUT2D eigenvalue weighted by atomic mass is 32.2. The van der Waals surface area contributed by atoms with Gasteiger partial charge in [0, 0.05) is 0 Å². The van der Waals surface area contributed by atoms with Crippen LogP contribution < -0.4 is 0 Å². The van der Waals surface area contributed by atoms with Gasteiger partial charge in [-0.3, -0.25) is 9.35 Å². The Hall–Kier alpha value is -1.87. The Morgan fingerprint density at radius 3 is 2.55 bits per heavy atom. The van der Waals surface area contributed by atoms with E-state index in [2.05, 4.69) is 4.74 Å². The van der Waals surface area contributed by atoms with Gasteiger partial charge in [0.05, 0.1) is 19.8 Å². The second kappa shape index (κ2) is 8.55. The van der Waals surface area contributed by atoms with Crippen LogP contribution in [0.25, 0.3) is 0 Å². The zero-order valence-electron chi connectivity index (χ0n) is 11.7. The molecule has 0 amide bonds. The normalized spacial score (nSPS) is 11.0. The van der Waals surface area contributed by atoms with Crippen molar-refractivity contribution in [3.05, 3.63) is 35.4 Å². The second-order valence-corrected chi connectivity index (χ2v) is 5.87. The molecule has 0 unspecified atom stereocenters. The van der Waals surface area contributed by atoms with E-state index in [4.69, 9.17) is 17.1 Å². The average Bonchev–Trinajstić information content (AvgIpc) is 2.45. The standard InChI is InChI=1S/C13H15BO7S/c14-9-10-2-1-3-11(8-10)13(16)21-5-4-12(15)20-6-7-22(17,18)19/h1-3,8H,4-7,9H2,(H,17,18,19). The predicted molar refractivity (Wildman–Crippen MR) is 78.2 cm³/mol. The fraction of sp³-hybridized carbons (Fsp3) is 0.385. The SMILES string of the molecule is [B]Cc1cccc(C(=O)OCCC(=O)OCCS(=O)(=O)O)c1. The Morgan fingerprint density at radius 2 is 1.91 bits per heavy atom. The van der Waals surface area contributed by atoms with Crippen LogP contribution in [0, 0.1) is 0 Å². The molecule has 22 heavy (non-hydrogen) atoms. The van der Waals surface area contributed by atoms with Gasteiger partial charge in [-0.2, -0.15) is 8.42 Å². The Balaban J connectivity index is 2.31. The number of ether oxygens (including phenoxy) is 2. The lowest BCUT2D eigenvalue weighted by Gasteiger charge is -2.06. The predicted octanol–water partition coefficient (Wildman–Crippen LogP) is 0.333. The Kier molecular flexibility index (Phi) is 7.06. The maximum atomic E-state index is 11.7. The summed E-state index contributed by atoms with van der Waals surface area (Å²) in [5.41, 5.74) is 1.10. The highest BCUT2D eigenvalue weighted by molar-refractivity contribution is 7.85. The largest absolute Gasteiger partial charge is 0.464 e. The number of rotatable bonds is 8. The van der Waals surface area contributed by atoms with Crippen molar-refractivity contribution in [3.8, 4) is 0 Å². The van der Waals surface area contributed by atoms with Gasteiger partial charge >= 0.3 is 11.9 Å². The van der Waals surface area contributed by atoms with Crippen LogP contribution in [0.15, 0.2) is 24.3 Å². The van der Waals surface area contributed by atoms with Gasteiger partial charge in [0.15, 0.2) is 0 Å². The second-order valence-electron chi connectivity index (χ2n) is 4.30. The van der Waals surface area contributed by atoms with Crippen LogP contribution in [-0.2, 0) is 30.7 Å². The Bertz CT molecular complexity index is 627. The maximum Gasteiger partial charge on any atom is 0.338 e. The van der Waals surface area contributed by atoms with Crippen molar-refractivity contribution in [1.82, 2.24) is 0 Å². The molecule has 1 rings (SSSR count). The molecule has 0 atom stereocenters. The molecule has 0 heterocycles. The van der Waals surface area contributed by atoms with Crippen molar-refractivity contribution in [2.24, 2.45) is 0 Å².